The number of Topliss-reactive ketones (excluding diaryl/α,β-unsaturated/α-hetero) is 3. The van der Waals surface area contributed by atoms with E-state index in [1.54, 1.807) is 38.1 Å². The van der Waals surface area contributed by atoms with E-state index >= 15 is 0 Å². The smallest absolute Gasteiger partial charge is 0.159 e. The minimum Gasteiger partial charge on any atom is -0.457 e. The second-order valence-electron chi connectivity index (χ2n) is 9.05. The van der Waals surface area contributed by atoms with Crippen LogP contribution in [0, 0.1) is 0 Å². The van der Waals surface area contributed by atoms with Gasteiger partial charge in [0.2, 0.25) is 0 Å². The van der Waals surface area contributed by atoms with Crippen LogP contribution < -0.4 is 9.47 Å². The van der Waals surface area contributed by atoms with Gasteiger partial charge in [0, 0.05) is 11.1 Å². The summed E-state index contributed by atoms with van der Waals surface area (Å²) < 4.78 is 11.2. The van der Waals surface area contributed by atoms with Gasteiger partial charge >= 0.3 is 0 Å². The van der Waals surface area contributed by atoms with Crippen molar-refractivity contribution in [2.45, 2.75) is 55.4 Å². The fourth-order valence-corrected chi connectivity index (χ4v) is 3.17. The highest BCUT2D eigenvalue weighted by Crippen LogP contribution is 2.21. The van der Waals surface area contributed by atoms with E-state index in [9.17, 15) is 14.4 Å². The molecule has 0 spiro atoms. The lowest BCUT2D eigenvalue weighted by molar-refractivity contribution is -0.115. The first-order chi connectivity index (χ1) is 22.2. The Bertz CT molecular complexity index is 1420. The van der Waals surface area contributed by atoms with Gasteiger partial charge < -0.3 is 14.3 Å². The second-order valence-corrected chi connectivity index (χ2v) is 9.05. The molecule has 242 valence electrons. The van der Waals surface area contributed by atoms with Gasteiger partial charge in [0.25, 0.3) is 0 Å². The van der Waals surface area contributed by atoms with E-state index in [4.69, 9.17) is 9.47 Å². The SMILES string of the molecule is CC.CC.CC(=O)c1ccc(Oc2ccccc2)cc1.CC(=O)c1ccccc1.CC(C)=O.c1ccc(Oc2ccccc2)cc1. The van der Waals surface area contributed by atoms with Crippen LogP contribution in [0.1, 0.15) is 76.1 Å². The molecule has 5 heteroatoms. The first kappa shape index (κ1) is 40.7. The minimum atomic E-state index is 0.0614. The summed E-state index contributed by atoms with van der Waals surface area (Å²) in [6.45, 7) is 14.2. The molecule has 0 aliphatic rings. The number of benzene rings is 5. The predicted octanol–water partition coefficient (Wildman–Crippen LogP) is 11.7. The van der Waals surface area contributed by atoms with E-state index < -0.39 is 0 Å². The summed E-state index contributed by atoms with van der Waals surface area (Å²) in [5.41, 5.74) is 1.47. The maximum absolute atomic E-state index is 11.1. The minimum absolute atomic E-state index is 0.0614. The number of hydrogen-bond donors (Lipinski definition) is 0. The molecule has 0 unspecified atom stereocenters. The Labute approximate surface area is 275 Å². The molecule has 0 saturated carbocycles. The number of carbonyl (C=O) groups excluding carboxylic acids is 3. The van der Waals surface area contributed by atoms with Crippen LogP contribution in [-0.2, 0) is 4.79 Å². The summed E-state index contributed by atoms with van der Waals surface area (Å²) >= 11 is 0. The number of para-hydroxylation sites is 3. The molecule has 46 heavy (non-hydrogen) atoms. The predicted molar refractivity (Wildman–Crippen MR) is 191 cm³/mol. The molecule has 0 saturated heterocycles. The highest BCUT2D eigenvalue weighted by atomic mass is 16.5. The van der Waals surface area contributed by atoms with Crippen LogP contribution in [0.5, 0.6) is 23.0 Å². The summed E-state index contributed by atoms with van der Waals surface area (Å²) in [6, 6.07) is 45.4. The van der Waals surface area contributed by atoms with Crippen molar-refractivity contribution in [2.24, 2.45) is 0 Å². The van der Waals surface area contributed by atoms with Crippen molar-refractivity contribution in [3.05, 3.63) is 157 Å². The van der Waals surface area contributed by atoms with Crippen molar-refractivity contribution >= 4 is 17.3 Å². The van der Waals surface area contributed by atoms with Crippen LogP contribution in [0.15, 0.2) is 146 Å². The first-order valence-electron chi connectivity index (χ1n) is 15.4. The third-order valence-corrected chi connectivity index (χ3v) is 5.14. The molecule has 0 atom stereocenters. The fraction of sp³-hybridized carbons (Fsp3) is 0.195. The van der Waals surface area contributed by atoms with Crippen LogP contribution in [0.2, 0.25) is 0 Å². The topological polar surface area (TPSA) is 69.7 Å². The molecular formula is C41H48O5. The van der Waals surface area contributed by atoms with E-state index in [1.165, 1.54) is 13.8 Å². The molecule has 0 N–H and O–H groups in total. The molecular weight excluding hydrogens is 572 g/mol. The molecule has 0 radical (unpaired) electrons. The van der Waals surface area contributed by atoms with Crippen LogP contribution in [0.4, 0.5) is 0 Å². The largest absolute Gasteiger partial charge is 0.457 e. The van der Waals surface area contributed by atoms with E-state index in [0.29, 0.717) is 5.56 Å². The van der Waals surface area contributed by atoms with Crippen molar-refractivity contribution in [1.82, 2.24) is 0 Å². The number of ketones is 3. The van der Waals surface area contributed by atoms with E-state index in [-0.39, 0.29) is 17.3 Å². The average Bonchev–Trinajstić information content (AvgIpc) is 3.09. The van der Waals surface area contributed by atoms with Crippen LogP contribution >= 0.6 is 0 Å². The Morgan fingerprint density at radius 1 is 0.348 bits per heavy atom. The molecule has 0 fully saturated rings. The Morgan fingerprint density at radius 2 is 0.565 bits per heavy atom. The van der Waals surface area contributed by atoms with Gasteiger partial charge in [-0.2, -0.15) is 0 Å². The number of hydrogen-bond acceptors (Lipinski definition) is 5. The molecule has 0 bridgehead atoms. The van der Waals surface area contributed by atoms with E-state index in [0.717, 1.165) is 28.6 Å². The Balaban J connectivity index is 0.000000608. The molecule has 5 rings (SSSR count). The third-order valence-electron chi connectivity index (χ3n) is 5.14. The monoisotopic (exact) mass is 620 g/mol. The van der Waals surface area contributed by atoms with Gasteiger partial charge in [0.05, 0.1) is 0 Å². The molecule has 5 nitrogen and oxygen atoms in total. The summed E-state index contributed by atoms with van der Waals surface area (Å²) in [5, 5.41) is 0. The summed E-state index contributed by atoms with van der Waals surface area (Å²) in [6.07, 6.45) is 0. The molecule has 0 amide bonds. The molecule has 0 heterocycles. The van der Waals surface area contributed by atoms with Crippen molar-refractivity contribution in [3.63, 3.8) is 0 Å². The van der Waals surface area contributed by atoms with Gasteiger partial charge in [0.15, 0.2) is 11.6 Å². The molecule has 5 aromatic rings. The Kier molecular flexibility index (Phi) is 23.1. The summed E-state index contributed by atoms with van der Waals surface area (Å²) in [4.78, 5) is 31.2. The van der Waals surface area contributed by atoms with Crippen molar-refractivity contribution in [2.75, 3.05) is 0 Å². The lowest BCUT2D eigenvalue weighted by Crippen LogP contribution is -1.91. The molecule has 0 aliphatic heterocycles. The van der Waals surface area contributed by atoms with Crippen LogP contribution in [-0.4, -0.2) is 17.3 Å². The average molecular weight is 621 g/mol. The van der Waals surface area contributed by atoms with Gasteiger partial charge in [-0.1, -0.05) is 113 Å². The van der Waals surface area contributed by atoms with Gasteiger partial charge in [-0.3, -0.25) is 9.59 Å². The normalized spacial score (nSPS) is 8.70. The van der Waals surface area contributed by atoms with Gasteiger partial charge in [-0.25, -0.2) is 0 Å². The lowest BCUT2D eigenvalue weighted by Gasteiger charge is -2.05. The van der Waals surface area contributed by atoms with Gasteiger partial charge in [-0.15, -0.1) is 0 Å². The van der Waals surface area contributed by atoms with Gasteiger partial charge in [0.1, 0.15) is 28.8 Å². The molecule has 0 aromatic heterocycles. The first-order valence-corrected chi connectivity index (χ1v) is 15.4. The lowest BCUT2D eigenvalue weighted by atomic mass is 10.1. The second kappa shape index (κ2) is 26.1. The van der Waals surface area contributed by atoms with E-state index in [2.05, 4.69) is 0 Å². The number of carbonyl (C=O) groups is 3. The maximum Gasteiger partial charge on any atom is 0.159 e. The number of rotatable bonds is 6. The standard InChI is InChI=1S/C14H12O2.C12H10O.C8H8O.C3H6O.2C2H6/c1-11(15)12-7-9-14(10-8-12)16-13-5-3-2-4-6-13;1-3-7-11(8-4-1)13-12-9-5-2-6-10-12;1-7(9)8-5-3-2-4-6-8;1-3(2)4;2*1-2/h2-10H,1H3;1-10H;2-6H,1H3;1-2H3;2*1-2H3. The zero-order valence-electron chi connectivity index (χ0n) is 28.4. The Morgan fingerprint density at radius 3 is 0.804 bits per heavy atom. The zero-order valence-corrected chi connectivity index (χ0v) is 28.4. The maximum atomic E-state index is 11.1. The van der Waals surface area contributed by atoms with Crippen LogP contribution in [0.25, 0.3) is 0 Å². The highest BCUT2D eigenvalue weighted by molar-refractivity contribution is 5.94. The molecule has 5 aromatic carbocycles. The zero-order chi connectivity index (χ0) is 34.6. The Hall–Kier alpha value is -5.29. The fourth-order valence-electron chi connectivity index (χ4n) is 3.17. The summed E-state index contributed by atoms with van der Waals surface area (Å²) in [7, 11) is 0. The van der Waals surface area contributed by atoms with Gasteiger partial charge in [-0.05, 0) is 88.4 Å². The third kappa shape index (κ3) is 19.8. The highest BCUT2D eigenvalue weighted by Gasteiger charge is 2.00. The quantitative estimate of drug-likeness (QED) is 0.177. The summed E-state index contributed by atoms with van der Waals surface area (Å²) in [5.74, 6) is 3.61. The van der Waals surface area contributed by atoms with Crippen molar-refractivity contribution in [1.29, 1.82) is 0 Å². The van der Waals surface area contributed by atoms with Crippen LogP contribution in [0.3, 0.4) is 0 Å². The molecule has 0 aliphatic carbocycles. The number of ether oxygens (including phenoxy) is 2. The van der Waals surface area contributed by atoms with E-state index in [1.807, 2.05) is 149 Å². The van der Waals surface area contributed by atoms with Crippen molar-refractivity contribution < 1.29 is 23.9 Å². The van der Waals surface area contributed by atoms with Crippen molar-refractivity contribution in [3.8, 4) is 23.0 Å².